The minimum absolute atomic E-state index is 0.0691. The van der Waals surface area contributed by atoms with Crippen LogP contribution in [0.5, 0.6) is 0 Å². The van der Waals surface area contributed by atoms with Crippen LogP contribution in [0, 0.1) is 0 Å². The first-order valence-corrected chi connectivity index (χ1v) is 7.95. The molecule has 2 heterocycles. The average molecular weight is 313 g/mol. The first-order chi connectivity index (χ1) is 9.56. The highest BCUT2D eigenvalue weighted by Gasteiger charge is 2.20. The number of halogens is 1. The summed E-state index contributed by atoms with van der Waals surface area (Å²) in [6, 6.07) is 8.39. The zero-order chi connectivity index (χ0) is 14.5. The van der Waals surface area contributed by atoms with E-state index in [1.165, 1.54) is 4.88 Å². The van der Waals surface area contributed by atoms with Gasteiger partial charge in [0, 0.05) is 10.9 Å². The molecule has 0 aromatic carbocycles. The van der Waals surface area contributed by atoms with Crippen molar-refractivity contribution in [3.63, 3.8) is 0 Å². The Morgan fingerprint density at radius 3 is 2.70 bits per heavy atom. The summed E-state index contributed by atoms with van der Waals surface area (Å²) in [7, 11) is 4.19. The van der Waals surface area contributed by atoms with E-state index < -0.39 is 0 Å². The van der Waals surface area contributed by atoms with Crippen molar-refractivity contribution in [3.8, 4) is 0 Å². The summed E-state index contributed by atoms with van der Waals surface area (Å²) in [5, 5.41) is 3.64. The number of nitrogens with one attached hydrogen (secondary N) is 1. The van der Waals surface area contributed by atoms with E-state index in [0.29, 0.717) is 6.04 Å². The second kappa shape index (κ2) is 7.27. The van der Waals surface area contributed by atoms with Crippen LogP contribution in [0.4, 0.5) is 0 Å². The van der Waals surface area contributed by atoms with Crippen LogP contribution in [-0.2, 0) is 0 Å². The standard InChI is InChI=1S/C15H21ClN2OS/c1-11(8-9-18(2)3)17-15(12-5-4-10-19-12)13-6-7-14(16)20-13/h4-7,10-11,15,17H,8-9H2,1-3H3. The molecule has 110 valence electrons. The second-order valence-corrected chi connectivity index (χ2v) is 7.00. The predicted molar refractivity (Wildman–Crippen MR) is 85.6 cm³/mol. The second-order valence-electron chi connectivity index (χ2n) is 5.25. The summed E-state index contributed by atoms with van der Waals surface area (Å²) in [4.78, 5) is 3.38. The van der Waals surface area contributed by atoms with Crippen molar-refractivity contribution in [2.75, 3.05) is 20.6 Å². The van der Waals surface area contributed by atoms with E-state index in [-0.39, 0.29) is 6.04 Å². The molecule has 0 saturated carbocycles. The molecule has 0 aliphatic rings. The number of hydrogen-bond donors (Lipinski definition) is 1. The Kier molecular flexibility index (Phi) is 5.66. The maximum atomic E-state index is 6.06. The molecule has 0 bridgehead atoms. The van der Waals surface area contributed by atoms with E-state index in [0.717, 1.165) is 23.1 Å². The fourth-order valence-corrected chi connectivity index (χ4v) is 3.19. The molecule has 2 atom stereocenters. The van der Waals surface area contributed by atoms with Crippen molar-refractivity contribution >= 4 is 22.9 Å². The van der Waals surface area contributed by atoms with Gasteiger partial charge in [-0.25, -0.2) is 0 Å². The van der Waals surface area contributed by atoms with E-state index in [9.17, 15) is 0 Å². The van der Waals surface area contributed by atoms with Gasteiger partial charge in [0.15, 0.2) is 0 Å². The first-order valence-electron chi connectivity index (χ1n) is 6.75. The summed E-state index contributed by atoms with van der Waals surface area (Å²) >= 11 is 7.65. The normalized spacial score (nSPS) is 14.7. The SMILES string of the molecule is CC(CCN(C)C)NC(c1ccco1)c1ccc(Cl)s1. The fourth-order valence-electron chi connectivity index (χ4n) is 2.06. The van der Waals surface area contributed by atoms with Crippen molar-refractivity contribution in [1.82, 2.24) is 10.2 Å². The lowest BCUT2D eigenvalue weighted by Crippen LogP contribution is -2.33. The van der Waals surface area contributed by atoms with Crippen LogP contribution in [0.1, 0.15) is 30.0 Å². The Labute approximate surface area is 129 Å². The van der Waals surface area contributed by atoms with Crippen LogP contribution >= 0.6 is 22.9 Å². The van der Waals surface area contributed by atoms with Gasteiger partial charge in [-0.1, -0.05) is 11.6 Å². The van der Waals surface area contributed by atoms with E-state index in [1.54, 1.807) is 17.6 Å². The van der Waals surface area contributed by atoms with Crippen LogP contribution in [0.3, 0.4) is 0 Å². The molecule has 2 aromatic heterocycles. The van der Waals surface area contributed by atoms with E-state index in [1.807, 2.05) is 18.2 Å². The summed E-state index contributed by atoms with van der Waals surface area (Å²) in [6.45, 7) is 3.26. The highest BCUT2D eigenvalue weighted by Crippen LogP contribution is 2.31. The van der Waals surface area contributed by atoms with Crippen molar-refractivity contribution in [1.29, 1.82) is 0 Å². The molecule has 0 aliphatic heterocycles. The van der Waals surface area contributed by atoms with Gasteiger partial charge in [-0.05, 0) is 58.3 Å². The molecular weight excluding hydrogens is 292 g/mol. The average Bonchev–Trinajstić information content (AvgIpc) is 3.04. The van der Waals surface area contributed by atoms with Crippen LogP contribution in [-0.4, -0.2) is 31.6 Å². The van der Waals surface area contributed by atoms with Crippen molar-refractivity contribution in [3.05, 3.63) is 45.5 Å². The molecule has 0 radical (unpaired) electrons. The fraction of sp³-hybridized carbons (Fsp3) is 0.467. The van der Waals surface area contributed by atoms with Gasteiger partial charge in [-0.3, -0.25) is 0 Å². The van der Waals surface area contributed by atoms with Crippen LogP contribution < -0.4 is 5.32 Å². The third-order valence-corrected chi connectivity index (χ3v) is 4.46. The Morgan fingerprint density at radius 1 is 1.35 bits per heavy atom. The molecule has 2 aromatic rings. The number of nitrogens with zero attached hydrogens (tertiary/aromatic N) is 1. The highest BCUT2D eigenvalue weighted by atomic mass is 35.5. The lowest BCUT2D eigenvalue weighted by molar-refractivity contribution is 0.347. The molecule has 0 aliphatic carbocycles. The van der Waals surface area contributed by atoms with Gasteiger partial charge in [-0.2, -0.15) is 0 Å². The van der Waals surface area contributed by atoms with Crippen molar-refractivity contribution < 1.29 is 4.42 Å². The Morgan fingerprint density at radius 2 is 2.15 bits per heavy atom. The number of thiophene rings is 1. The van der Waals surface area contributed by atoms with Gasteiger partial charge in [0.2, 0.25) is 0 Å². The number of rotatable bonds is 7. The number of hydrogen-bond acceptors (Lipinski definition) is 4. The molecule has 0 spiro atoms. The molecule has 5 heteroatoms. The minimum atomic E-state index is 0.0691. The zero-order valence-electron chi connectivity index (χ0n) is 12.1. The Balaban J connectivity index is 2.08. The molecule has 2 unspecified atom stereocenters. The summed E-state index contributed by atoms with van der Waals surface area (Å²) in [6.07, 6.45) is 2.80. The topological polar surface area (TPSA) is 28.4 Å². The van der Waals surface area contributed by atoms with Gasteiger partial charge in [0.1, 0.15) is 11.8 Å². The summed E-state index contributed by atoms with van der Waals surface area (Å²) in [5.74, 6) is 0.931. The summed E-state index contributed by atoms with van der Waals surface area (Å²) < 4.78 is 6.38. The van der Waals surface area contributed by atoms with Crippen LogP contribution in [0.2, 0.25) is 4.34 Å². The Hall–Kier alpha value is -0.810. The maximum absolute atomic E-state index is 6.06. The van der Waals surface area contributed by atoms with Crippen LogP contribution in [0.25, 0.3) is 0 Å². The zero-order valence-corrected chi connectivity index (χ0v) is 13.7. The third-order valence-electron chi connectivity index (χ3n) is 3.17. The molecule has 0 amide bonds. The molecule has 3 nitrogen and oxygen atoms in total. The van der Waals surface area contributed by atoms with Gasteiger partial charge >= 0.3 is 0 Å². The largest absolute Gasteiger partial charge is 0.467 e. The van der Waals surface area contributed by atoms with E-state index in [2.05, 4.69) is 37.3 Å². The summed E-state index contributed by atoms with van der Waals surface area (Å²) in [5.41, 5.74) is 0. The van der Waals surface area contributed by atoms with Gasteiger partial charge in [0.25, 0.3) is 0 Å². The Bertz CT molecular complexity index is 510. The van der Waals surface area contributed by atoms with Gasteiger partial charge in [0.05, 0.1) is 10.6 Å². The van der Waals surface area contributed by atoms with Crippen molar-refractivity contribution in [2.45, 2.75) is 25.4 Å². The molecule has 0 saturated heterocycles. The third kappa shape index (κ3) is 4.35. The highest BCUT2D eigenvalue weighted by molar-refractivity contribution is 7.16. The van der Waals surface area contributed by atoms with Crippen molar-refractivity contribution in [2.24, 2.45) is 0 Å². The van der Waals surface area contributed by atoms with Gasteiger partial charge in [-0.15, -0.1) is 11.3 Å². The predicted octanol–water partition coefficient (Wildman–Crippen LogP) is 4.01. The van der Waals surface area contributed by atoms with E-state index in [4.69, 9.17) is 16.0 Å². The minimum Gasteiger partial charge on any atom is -0.467 e. The van der Waals surface area contributed by atoms with Gasteiger partial charge < -0.3 is 14.6 Å². The number of furan rings is 1. The molecule has 1 N–H and O–H groups in total. The lowest BCUT2D eigenvalue weighted by atomic mass is 10.1. The molecule has 0 fully saturated rings. The quantitative estimate of drug-likeness (QED) is 0.837. The molecule has 2 rings (SSSR count). The van der Waals surface area contributed by atoms with E-state index >= 15 is 0 Å². The van der Waals surface area contributed by atoms with Crippen LogP contribution in [0.15, 0.2) is 34.9 Å². The molecule has 20 heavy (non-hydrogen) atoms. The smallest absolute Gasteiger partial charge is 0.126 e. The maximum Gasteiger partial charge on any atom is 0.126 e. The molecular formula is C15H21ClN2OS. The lowest BCUT2D eigenvalue weighted by Gasteiger charge is -2.22. The first kappa shape index (κ1) is 15.6. The monoisotopic (exact) mass is 312 g/mol.